The topological polar surface area (TPSA) is 28.2 Å². The van der Waals surface area contributed by atoms with Crippen molar-refractivity contribution in [3.8, 4) is 0 Å². The van der Waals surface area contributed by atoms with Crippen molar-refractivity contribution in [3.63, 3.8) is 0 Å². The summed E-state index contributed by atoms with van der Waals surface area (Å²) in [7, 11) is 0. The van der Waals surface area contributed by atoms with E-state index in [-0.39, 0.29) is 5.54 Å². The molecule has 2 heterocycles. The fraction of sp³-hybridized carbons (Fsp3) is 0.750. The van der Waals surface area contributed by atoms with Gasteiger partial charge in [-0.25, -0.2) is 4.98 Å². The van der Waals surface area contributed by atoms with E-state index in [9.17, 15) is 0 Å². The van der Waals surface area contributed by atoms with E-state index in [0.717, 1.165) is 32.6 Å². The first-order valence-electron chi connectivity index (χ1n) is 6.01. The summed E-state index contributed by atoms with van der Waals surface area (Å²) in [5.41, 5.74) is 1.48. The average molecular weight is 239 g/mol. The molecule has 0 saturated carbocycles. The van der Waals surface area contributed by atoms with E-state index in [2.05, 4.69) is 41.4 Å². The number of hydrogen-bond donors (Lipinski definition) is 1. The fourth-order valence-electron chi connectivity index (χ4n) is 2.10. The Bertz CT molecular complexity index is 346. The van der Waals surface area contributed by atoms with Gasteiger partial charge in [-0.1, -0.05) is 6.92 Å². The van der Waals surface area contributed by atoms with Crippen LogP contribution in [-0.2, 0) is 13.0 Å². The lowest BCUT2D eigenvalue weighted by Crippen LogP contribution is -2.57. The van der Waals surface area contributed by atoms with E-state index in [1.54, 1.807) is 11.3 Å². The van der Waals surface area contributed by atoms with Gasteiger partial charge in [-0.15, -0.1) is 11.3 Å². The zero-order valence-corrected chi connectivity index (χ0v) is 11.2. The van der Waals surface area contributed by atoms with Gasteiger partial charge in [-0.2, -0.15) is 0 Å². The van der Waals surface area contributed by atoms with Gasteiger partial charge in [0.1, 0.15) is 0 Å². The Morgan fingerprint density at radius 2 is 2.38 bits per heavy atom. The molecule has 0 aliphatic carbocycles. The van der Waals surface area contributed by atoms with E-state index in [4.69, 9.17) is 0 Å². The molecular weight excluding hydrogens is 218 g/mol. The minimum absolute atomic E-state index is 0.244. The molecular formula is C12H21N3S. The SMILES string of the molecule is CCc1nc(CN2CCNCC2(C)C)cs1. The molecule has 0 bridgehead atoms. The monoisotopic (exact) mass is 239 g/mol. The van der Waals surface area contributed by atoms with Crippen LogP contribution in [0.15, 0.2) is 5.38 Å². The van der Waals surface area contributed by atoms with Crippen LogP contribution in [0.5, 0.6) is 0 Å². The summed E-state index contributed by atoms with van der Waals surface area (Å²) in [6, 6.07) is 0. The van der Waals surface area contributed by atoms with Crippen LogP contribution in [0.3, 0.4) is 0 Å². The summed E-state index contributed by atoms with van der Waals surface area (Å²) in [6.45, 7) is 11.0. The maximum atomic E-state index is 4.64. The van der Waals surface area contributed by atoms with Gasteiger partial charge in [-0.3, -0.25) is 4.90 Å². The number of piperazine rings is 1. The van der Waals surface area contributed by atoms with Gasteiger partial charge in [0, 0.05) is 37.1 Å². The van der Waals surface area contributed by atoms with Crippen LogP contribution >= 0.6 is 11.3 Å². The van der Waals surface area contributed by atoms with Gasteiger partial charge in [0.05, 0.1) is 10.7 Å². The van der Waals surface area contributed by atoms with E-state index in [0.29, 0.717) is 0 Å². The van der Waals surface area contributed by atoms with Gasteiger partial charge >= 0.3 is 0 Å². The second kappa shape index (κ2) is 4.82. The molecule has 2 rings (SSSR count). The Hall–Kier alpha value is -0.450. The Morgan fingerprint density at radius 1 is 1.56 bits per heavy atom. The first-order valence-corrected chi connectivity index (χ1v) is 6.89. The lowest BCUT2D eigenvalue weighted by Gasteiger charge is -2.42. The first-order chi connectivity index (χ1) is 7.62. The Kier molecular flexibility index (Phi) is 3.62. The van der Waals surface area contributed by atoms with Crippen molar-refractivity contribution >= 4 is 11.3 Å². The zero-order chi connectivity index (χ0) is 11.6. The summed E-state index contributed by atoms with van der Waals surface area (Å²) < 4.78 is 0. The maximum absolute atomic E-state index is 4.64. The number of rotatable bonds is 3. The van der Waals surface area contributed by atoms with Gasteiger partial charge < -0.3 is 5.32 Å². The third-order valence-electron chi connectivity index (χ3n) is 3.23. The third kappa shape index (κ3) is 2.62. The molecule has 1 N–H and O–H groups in total. The summed E-state index contributed by atoms with van der Waals surface area (Å²) in [5.74, 6) is 0. The highest BCUT2D eigenvalue weighted by molar-refractivity contribution is 7.09. The van der Waals surface area contributed by atoms with Crippen LogP contribution in [-0.4, -0.2) is 35.1 Å². The van der Waals surface area contributed by atoms with Crippen LogP contribution in [0.1, 0.15) is 31.5 Å². The summed E-state index contributed by atoms with van der Waals surface area (Å²) >= 11 is 1.78. The molecule has 1 aromatic rings. The van der Waals surface area contributed by atoms with E-state index in [1.165, 1.54) is 10.7 Å². The smallest absolute Gasteiger partial charge is 0.0926 e. The molecule has 1 saturated heterocycles. The predicted octanol–water partition coefficient (Wildman–Crippen LogP) is 1.89. The molecule has 16 heavy (non-hydrogen) atoms. The zero-order valence-electron chi connectivity index (χ0n) is 10.4. The normalized spacial score (nSPS) is 21.2. The first kappa shape index (κ1) is 12.0. The van der Waals surface area contributed by atoms with Crippen molar-refractivity contribution in [2.24, 2.45) is 0 Å². The van der Waals surface area contributed by atoms with Crippen molar-refractivity contribution < 1.29 is 0 Å². The number of nitrogens with zero attached hydrogens (tertiary/aromatic N) is 2. The predicted molar refractivity (Wildman–Crippen MR) is 68.9 cm³/mol. The van der Waals surface area contributed by atoms with Crippen LogP contribution in [0.4, 0.5) is 0 Å². The van der Waals surface area contributed by atoms with E-state index in [1.807, 2.05) is 0 Å². The number of thiazole rings is 1. The summed E-state index contributed by atoms with van der Waals surface area (Å²) in [6.07, 6.45) is 1.05. The lowest BCUT2D eigenvalue weighted by atomic mass is 10.00. The molecule has 90 valence electrons. The maximum Gasteiger partial charge on any atom is 0.0926 e. The molecule has 0 amide bonds. The van der Waals surface area contributed by atoms with Crippen molar-refractivity contribution in [1.29, 1.82) is 0 Å². The second-order valence-corrected chi connectivity index (χ2v) is 5.94. The van der Waals surface area contributed by atoms with Crippen LogP contribution in [0, 0.1) is 0 Å². The van der Waals surface area contributed by atoms with Crippen LogP contribution in [0.25, 0.3) is 0 Å². The summed E-state index contributed by atoms with van der Waals surface area (Å²) in [5, 5.41) is 6.91. The molecule has 1 fully saturated rings. The number of aryl methyl sites for hydroxylation is 1. The fourth-order valence-corrected chi connectivity index (χ4v) is 2.83. The molecule has 0 spiro atoms. The van der Waals surface area contributed by atoms with Gasteiger partial charge in [-0.05, 0) is 20.3 Å². The second-order valence-electron chi connectivity index (χ2n) is 5.00. The summed E-state index contributed by atoms with van der Waals surface area (Å²) in [4.78, 5) is 7.17. The number of nitrogens with one attached hydrogen (secondary N) is 1. The minimum Gasteiger partial charge on any atom is -0.314 e. The Balaban J connectivity index is 2.02. The van der Waals surface area contributed by atoms with Crippen LogP contribution < -0.4 is 5.32 Å². The molecule has 1 aliphatic rings. The lowest BCUT2D eigenvalue weighted by molar-refractivity contribution is 0.0816. The molecule has 3 nitrogen and oxygen atoms in total. The molecule has 0 atom stereocenters. The van der Waals surface area contributed by atoms with Gasteiger partial charge in [0.15, 0.2) is 0 Å². The highest BCUT2D eigenvalue weighted by Crippen LogP contribution is 2.20. The molecule has 0 unspecified atom stereocenters. The average Bonchev–Trinajstić information content (AvgIpc) is 2.69. The van der Waals surface area contributed by atoms with Crippen molar-refractivity contribution in [3.05, 3.63) is 16.1 Å². The standard InChI is InChI=1S/C12H21N3S/c1-4-11-14-10(8-16-11)7-15-6-5-13-9-12(15,2)3/h8,13H,4-7,9H2,1-3H3. The van der Waals surface area contributed by atoms with Crippen molar-refractivity contribution in [2.45, 2.75) is 39.3 Å². The molecule has 0 radical (unpaired) electrons. The minimum atomic E-state index is 0.244. The third-order valence-corrected chi connectivity index (χ3v) is 4.27. The highest BCUT2D eigenvalue weighted by Gasteiger charge is 2.29. The largest absolute Gasteiger partial charge is 0.314 e. The van der Waals surface area contributed by atoms with E-state index >= 15 is 0 Å². The van der Waals surface area contributed by atoms with Crippen molar-refractivity contribution in [2.75, 3.05) is 19.6 Å². The van der Waals surface area contributed by atoms with Gasteiger partial charge in [0.25, 0.3) is 0 Å². The molecule has 0 aromatic carbocycles. The molecule has 4 heteroatoms. The highest BCUT2D eigenvalue weighted by atomic mass is 32.1. The van der Waals surface area contributed by atoms with Crippen LogP contribution in [0.2, 0.25) is 0 Å². The number of hydrogen-bond acceptors (Lipinski definition) is 4. The van der Waals surface area contributed by atoms with E-state index < -0.39 is 0 Å². The molecule has 1 aromatic heterocycles. The van der Waals surface area contributed by atoms with Gasteiger partial charge in [0.2, 0.25) is 0 Å². The Labute approximate surface area is 102 Å². The molecule has 1 aliphatic heterocycles. The van der Waals surface area contributed by atoms with Crippen molar-refractivity contribution in [1.82, 2.24) is 15.2 Å². The number of aromatic nitrogens is 1. The quantitative estimate of drug-likeness (QED) is 0.873. The Morgan fingerprint density at radius 3 is 3.00 bits per heavy atom.